The van der Waals surface area contributed by atoms with Crippen LogP contribution in [0.25, 0.3) is 0 Å². The van der Waals surface area contributed by atoms with Crippen molar-refractivity contribution in [3.63, 3.8) is 0 Å². The van der Waals surface area contributed by atoms with Gasteiger partial charge in [-0.15, -0.1) is 0 Å². The molecule has 9 heavy (non-hydrogen) atoms. The van der Waals surface area contributed by atoms with Crippen LogP contribution >= 0.6 is 11.8 Å². The Morgan fingerprint density at radius 1 is 1.22 bits per heavy atom. The average Bonchev–Trinajstić information content (AvgIpc) is 2.37. The summed E-state index contributed by atoms with van der Waals surface area (Å²) in [6, 6.07) is 0. The second-order valence-corrected chi connectivity index (χ2v) is 3.99. The van der Waals surface area contributed by atoms with Gasteiger partial charge >= 0.3 is 0 Å². The van der Waals surface area contributed by atoms with Crippen LogP contribution in [0.4, 0.5) is 0 Å². The predicted octanol–water partition coefficient (Wildman–Crippen LogP) is 1.33. The number of hydrogen-bond donors (Lipinski definition) is 0. The largest absolute Gasteiger partial charge is 0.299 e. The molecule has 0 radical (unpaired) electrons. The second kappa shape index (κ2) is 2.01. The molecule has 1 heterocycles. The molecule has 0 unspecified atom stereocenters. The highest BCUT2D eigenvalue weighted by Crippen LogP contribution is 2.37. The van der Waals surface area contributed by atoms with Crippen molar-refractivity contribution >= 4 is 17.5 Å². The summed E-state index contributed by atoms with van der Waals surface area (Å²) < 4.78 is 0. The average molecular weight is 142 g/mol. The normalized spacial score (nSPS) is 27.6. The second-order valence-electron chi connectivity index (χ2n) is 2.91. The van der Waals surface area contributed by atoms with Crippen molar-refractivity contribution in [2.75, 3.05) is 11.5 Å². The van der Waals surface area contributed by atoms with Crippen LogP contribution in [0.2, 0.25) is 0 Å². The Bertz CT molecular complexity index is 136. The van der Waals surface area contributed by atoms with Crippen LogP contribution in [-0.4, -0.2) is 17.3 Å². The lowest BCUT2D eigenvalue weighted by atomic mass is 10.0. The van der Waals surface area contributed by atoms with E-state index in [9.17, 15) is 4.79 Å². The van der Waals surface area contributed by atoms with E-state index in [1.54, 1.807) is 0 Å². The van der Waals surface area contributed by atoms with Gasteiger partial charge in [0.15, 0.2) is 0 Å². The molecule has 1 aliphatic carbocycles. The molecule has 2 fully saturated rings. The van der Waals surface area contributed by atoms with Gasteiger partial charge in [-0.05, 0) is 12.8 Å². The van der Waals surface area contributed by atoms with Gasteiger partial charge in [0.25, 0.3) is 0 Å². The maximum Gasteiger partial charge on any atom is 0.140 e. The third-order valence-electron chi connectivity index (χ3n) is 2.02. The lowest BCUT2D eigenvalue weighted by Gasteiger charge is -2.22. The third-order valence-corrected chi connectivity index (χ3v) is 3.30. The summed E-state index contributed by atoms with van der Waals surface area (Å²) >= 11 is 1.90. The molecular formula is C7H10OS. The zero-order valence-electron chi connectivity index (χ0n) is 5.30. The lowest BCUT2D eigenvalue weighted by Crippen LogP contribution is -2.28. The van der Waals surface area contributed by atoms with Crippen molar-refractivity contribution in [2.24, 2.45) is 11.8 Å². The predicted molar refractivity (Wildman–Crippen MR) is 38.5 cm³/mol. The first-order chi connectivity index (χ1) is 4.38. The quantitative estimate of drug-likeness (QED) is 0.578. The van der Waals surface area contributed by atoms with E-state index in [2.05, 4.69) is 0 Å². The Labute approximate surface area is 59.2 Å². The highest BCUT2D eigenvalue weighted by atomic mass is 32.2. The maximum atomic E-state index is 11.2. The number of carbonyl (C=O) groups is 1. The summed E-state index contributed by atoms with van der Waals surface area (Å²) in [5, 5.41) is 0. The summed E-state index contributed by atoms with van der Waals surface area (Å²) in [5.41, 5.74) is 0. The molecule has 0 amide bonds. The fourth-order valence-corrected chi connectivity index (χ4v) is 1.90. The number of rotatable bonds is 2. The van der Waals surface area contributed by atoms with Gasteiger partial charge in [0.1, 0.15) is 5.78 Å². The molecule has 0 aromatic carbocycles. The van der Waals surface area contributed by atoms with Crippen LogP contribution in [-0.2, 0) is 4.79 Å². The molecule has 0 aromatic heterocycles. The van der Waals surface area contributed by atoms with E-state index in [1.807, 2.05) is 11.8 Å². The Kier molecular flexibility index (Phi) is 1.29. The van der Waals surface area contributed by atoms with Crippen LogP contribution < -0.4 is 0 Å². The Morgan fingerprint density at radius 3 is 2.22 bits per heavy atom. The number of carbonyl (C=O) groups excluding carboxylic acids is 1. The molecular weight excluding hydrogens is 132 g/mol. The highest BCUT2D eigenvalue weighted by Gasteiger charge is 2.37. The zero-order valence-corrected chi connectivity index (χ0v) is 6.12. The summed E-state index contributed by atoms with van der Waals surface area (Å²) in [6.07, 6.45) is 2.36. The summed E-state index contributed by atoms with van der Waals surface area (Å²) in [7, 11) is 0. The standard InChI is InChI=1S/C7H10OS/c8-7(5-1-2-5)6-3-9-4-6/h5-6H,1-4H2. The van der Waals surface area contributed by atoms with Crippen molar-refractivity contribution in [3.8, 4) is 0 Å². The number of hydrogen-bond acceptors (Lipinski definition) is 2. The van der Waals surface area contributed by atoms with Gasteiger partial charge in [0.05, 0.1) is 0 Å². The molecule has 50 valence electrons. The topological polar surface area (TPSA) is 17.1 Å². The molecule has 2 heteroatoms. The minimum Gasteiger partial charge on any atom is -0.299 e. The van der Waals surface area contributed by atoms with E-state index in [1.165, 1.54) is 12.8 Å². The minimum atomic E-state index is 0.461. The zero-order chi connectivity index (χ0) is 6.27. The monoisotopic (exact) mass is 142 g/mol. The molecule has 1 saturated heterocycles. The maximum absolute atomic E-state index is 11.2. The van der Waals surface area contributed by atoms with Gasteiger partial charge in [0.2, 0.25) is 0 Å². The van der Waals surface area contributed by atoms with Crippen LogP contribution in [0.5, 0.6) is 0 Å². The van der Waals surface area contributed by atoms with Crippen LogP contribution in [0.3, 0.4) is 0 Å². The SMILES string of the molecule is O=C(C1CC1)C1CSC1. The summed E-state index contributed by atoms with van der Waals surface area (Å²) in [5.74, 6) is 3.73. The summed E-state index contributed by atoms with van der Waals surface area (Å²) in [6.45, 7) is 0. The molecule has 2 aliphatic rings. The van der Waals surface area contributed by atoms with Crippen LogP contribution in [0, 0.1) is 11.8 Å². The number of Topliss-reactive ketones (excluding diaryl/α,β-unsaturated/α-hetero) is 1. The molecule has 0 N–H and O–H groups in total. The van der Waals surface area contributed by atoms with Crippen molar-refractivity contribution in [1.29, 1.82) is 0 Å². The third kappa shape index (κ3) is 1.00. The first kappa shape index (κ1) is 5.78. The van der Waals surface area contributed by atoms with Gasteiger partial charge < -0.3 is 0 Å². The Morgan fingerprint density at radius 2 is 1.89 bits per heavy atom. The Hall–Kier alpha value is 0.0200. The lowest BCUT2D eigenvalue weighted by molar-refractivity contribution is -0.123. The number of thioether (sulfide) groups is 1. The molecule has 1 aliphatic heterocycles. The van der Waals surface area contributed by atoms with Gasteiger partial charge in [-0.3, -0.25) is 4.79 Å². The smallest absolute Gasteiger partial charge is 0.140 e. The van der Waals surface area contributed by atoms with Crippen molar-refractivity contribution in [2.45, 2.75) is 12.8 Å². The molecule has 0 aromatic rings. The minimum absolute atomic E-state index is 0.461. The molecule has 0 atom stereocenters. The van der Waals surface area contributed by atoms with E-state index in [-0.39, 0.29) is 0 Å². The van der Waals surface area contributed by atoms with E-state index < -0.39 is 0 Å². The molecule has 1 nitrogen and oxygen atoms in total. The number of ketones is 1. The van der Waals surface area contributed by atoms with Crippen molar-refractivity contribution in [1.82, 2.24) is 0 Å². The van der Waals surface area contributed by atoms with Gasteiger partial charge in [0, 0.05) is 23.3 Å². The van der Waals surface area contributed by atoms with Gasteiger partial charge in [-0.1, -0.05) is 0 Å². The van der Waals surface area contributed by atoms with E-state index >= 15 is 0 Å². The fraction of sp³-hybridized carbons (Fsp3) is 0.857. The van der Waals surface area contributed by atoms with Gasteiger partial charge in [-0.25, -0.2) is 0 Å². The first-order valence-electron chi connectivity index (χ1n) is 3.49. The van der Waals surface area contributed by atoms with Crippen molar-refractivity contribution < 1.29 is 4.79 Å². The molecule has 0 spiro atoms. The highest BCUT2D eigenvalue weighted by molar-refractivity contribution is 8.00. The Balaban J connectivity index is 1.88. The van der Waals surface area contributed by atoms with Crippen LogP contribution in [0.1, 0.15) is 12.8 Å². The summed E-state index contributed by atoms with van der Waals surface area (Å²) in [4.78, 5) is 11.2. The molecule has 0 bridgehead atoms. The van der Waals surface area contributed by atoms with Crippen LogP contribution in [0.15, 0.2) is 0 Å². The van der Waals surface area contributed by atoms with Crippen molar-refractivity contribution in [3.05, 3.63) is 0 Å². The van der Waals surface area contributed by atoms with E-state index in [0.717, 1.165) is 11.5 Å². The van der Waals surface area contributed by atoms with Gasteiger partial charge in [-0.2, -0.15) is 11.8 Å². The first-order valence-corrected chi connectivity index (χ1v) is 4.65. The van der Waals surface area contributed by atoms with E-state index in [4.69, 9.17) is 0 Å². The molecule has 2 rings (SSSR count). The van der Waals surface area contributed by atoms with E-state index in [0.29, 0.717) is 17.6 Å². The fourth-order valence-electron chi connectivity index (χ4n) is 1.10. The molecule has 1 saturated carbocycles.